The molecule has 1 aliphatic rings. The second-order valence-corrected chi connectivity index (χ2v) is 7.93. The molecule has 1 aromatic rings. The van der Waals surface area contributed by atoms with E-state index in [4.69, 9.17) is 43.0 Å². The number of imide groups is 1. The van der Waals surface area contributed by atoms with Crippen LogP contribution in [-0.4, -0.2) is 141 Å². The molecule has 0 unspecified atom stereocenters. The molecule has 12 nitrogen and oxygen atoms in total. The number of carbonyl (C=O) groups is 2. The van der Waals surface area contributed by atoms with Crippen LogP contribution in [0.15, 0.2) is 24.3 Å². The highest BCUT2D eigenvalue weighted by Gasteiger charge is 2.34. The Morgan fingerprint density at radius 2 is 0.763 bits per heavy atom. The molecule has 1 aromatic carbocycles. The Balaban J connectivity index is 1.24. The lowest BCUT2D eigenvalue weighted by atomic mass is 10.1. The van der Waals surface area contributed by atoms with Crippen molar-refractivity contribution in [3.8, 4) is 0 Å². The average Bonchev–Trinajstić information content (AvgIpc) is 3.18. The van der Waals surface area contributed by atoms with Gasteiger partial charge < -0.3 is 43.0 Å². The van der Waals surface area contributed by atoms with Crippen LogP contribution < -0.4 is 0 Å². The summed E-state index contributed by atoms with van der Waals surface area (Å²) >= 11 is 0. The number of hydrogen-bond donors (Lipinski definition) is 1. The number of hydrogen-bond acceptors (Lipinski definition) is 11. The molecule has 2 amide bonds. The van der Waals surface area contributed by atoms with Gasteiger partial charge >= 0.3 is 0 Å². The molecule has 38 heavy (non-hydrogen) atoms. The Hall–Kier alpha value is -2.00. The number of aliphatic hydroxyl groups excluding tert-OH is 1. The van der Waals surface area contributed by atoms with Gasteiger partial charge in [0.2, 0.25) is 0 Å². The van der Waals surface area contributed by atoms with Gasteiger partial charge in [0.15, 0.2) is 0 Å². The van der Waals surface area contributed by atoms with Crippen molar-refractivity contribution in [3.63, 3.8) is 0 Å². The summed E-state index contributed by atoms with van der Waals surface area (Å²) in [6, 6.07) is 6.81. The fourth-order valence-electron chi connectivity index (χ4n) is 3.30. The number of fused-ring (bicyclic) bond motifs is 1. The molecule has 0 atom stereocenters. The van der Waals surface area contributed by atoms with E-state index in [0.717, 1.165) is 0 Å². The van der Waals surface area contributed by atoms with Crippen molar-refractivity contribution in [1.29, 1.82) is 0 Å². The number of ether oxygens (including phenoxy) is 8. The number of amides is 2. The van der Waals surface area contributed by atoms with E-state index in [0.29, 0.717) is 110 Å². The number of carbonyl (C=O) groups excluding carboxylic acids is 2. The first-order valence-corrected chi connectivity index (χ1v) is 12.9. The first kappa shape index (κ1) is 32.2. The smallest absolute Gasteiger partial charge is 0.261 e. The number of nitrogens with zero attached hydrogens (tertiary/aromatic N) is 1. The molecule has 1 N–H and O–H groups in total. The van der Waals surface area contributed by atoms with Crippen molar-refractivity contribution in [2.24, 2.45) is 0 Å². The maximum atomic E-state index is 12.3. The summed E-state index contributed by atoms with van der Waals surface area (Å²) < 4.78 is 43.0. The largest absolute Gasteiger partial charge is 0.394 e. The Morgan fingerprint density at radius 3 is 1.08 bits per heavy atom. The lowest BCUT2D eigenvalue weighted by Gasteiger charge is -2.13. The molecule has 0 saturated heterocycles. The van der Waals surface area contributed by atoms with Gasteiger partial charge in [-0.05, 0) is 12.1 Å². The molecule has 0 aromatic heterocycles. The van der Waals surface area contributed by atoms with E-state index >= 15 is 0 Å². The van der Waals surface area contributed by atoms with Gasteiger partial charge in [-0.3, -0.25) is 14.5 Å². The van der Waals surface area contributed by atoms with Crippen LogP contribution in [0, 0.1) is 0 Å². The maximum Gasteiger partial charge on any atom is 0.261 e. The van der Waals surface area contributed by atoms with E-state index < -0.39 is 0 Å². The van der Waals surface area contributed by atoms with Gasteiger partial charge in [-0.25, -0.2) is 0 Å². The van der Waals surface area contributed by atoms with Gasteiger partial charge in [-0.15, -0.1) is 0 Å². The highest BCUT2D eigenvalue weighted by Crippen LogP contribution is 2.21. The normalized spacial score (nSPS) is 13.0. The zero-order valence-corrected chi connectivity index (χ0v) is 22.0. The Kier molecular flexibility index (Phi) is 18.5. The average molecular weight is 544 g/mol. The molecule has 1 aliphatic heterocycles. The molecule has 0 spiro atoms. The summed E-state index contributed by atoms with van der Waals surface area (Å²) in [5.74, 6) is -0.554. The summed E-state index contributed by atoms with van der Waals surface area (Å²) in [5.41, 5.74) is 0.885. The standard InChI is InChI=1S/C26H41NO11/c28-6-8-32-10-12-34-14-16-36-18-20-38-22-21-37-19-17-35-15-13-33-11-9-31-7-5-27-25(29)23-3-1-2-4-24(23)26(27)30/h1-4,28H,5-22H2. The summed E-state index contributed by atoms with van der Waals surface area (Å²) in [7, 11) is 0. The van der Waals surface area contributed by atoms with E-state index in [1.165, 1.54) is 4.90 Å². The number of benzene rings is 1. The molecular weight excluding hydrogens is 502 g/mol. The minimum absolute atomic E-state index is 0.0188. The monoisotopic (exact) mass is 543 g/mol. The van der Waals surface area contributed by atoms with E-state index in [1.54, 1.807) is 24.3 Å². The van der Waals surface area contributed by atoms with Crippen molar-refractivity contribution in [3.05, 3.63) is 35.4 Å². The molecule has 2 rings (SSSR count). The first-order valence-electron chi connectivity index (χ1n) is 12.9. The Bertz CT molecular complexity index is 729. The van der Waals surface area contributed by atoms with Crippen LogP contribution in [-0.2, 0) is 37.9 Å². The van der Waals surface area contributed by atoms with Crippen LogP contribution in [0.25, 0.3) is 0 Å². The minimum atomic E-state index is -0.277. The Morgan fingerprint density at radius 1 is 0.474 bits per heavy atom. The molecule has 1 heterocycles. The molecule has 0 fully saturated rings. The lowest BCUT2D eigenvalue weighted by molar-refractivity contribution is -0.0240. The highest BCUT2D eigenvalue weighted by atomic mass is 16.6. The van der Waals surface area contributed by atoms with Gasteiger partial charge in [0.25, 0.3) is 11.8 Å². The van der Waals surface area contributed by atoms with E-state index in [2.05, 4.69) is 0 Å². The Labute approximate surface area is 224 Å². The maximum absolute atomic E-state index is 12.3. The third-order valence-corrected chi connectivity index (χ3v) is 5.18. The quantitative estimate of drug-likeness (QED) is 0.129. The van der Waals surface area contributed by atoms with Crippen LogP contribution in [0.2, 0.25) is 0 Å². The van der Waals surface area contributed by atoms with Gasteiger partial charge in [0, 0.05) is 0 Å². The van der Waals surface area contributed by atoms with Crippen molar-refractivity contribution in [2.45, 2.75) is 0 Å². The predicted molar refractivity (Wildman–Crippen MR) is 135 cm³/mol. The second-order valence-electron chi connectivity index (χ2n) is 7.93. The molecule has 216 valence electrons. The van der Waals surface area contributed by atoms with Gasteiger partial charge in [0.1, 0.15) is 0 Å². The van der Waals surface area contributed by atoms with Gasteiger partial charge in [-0.1, -0.05) is 12.1 Å². The fraction of sp³-hybridized carbons (Fsp3) is 0.692. The van der Waals surface area contributed by atoms with E-state index in [-0.39, 0.29) is 31.6 Å². The van der Waals surface area contributed by atoms with Crippen LogP contribution in [0.5, 0.6) is 0 Å². The molecule has 0 aliphatic carbocycles. The predicted octanol–water partition coefficient (Wildman–Crippen LogP) is 0.408. The van der Waals surface area contributed by atoms with Crippen LogP contribution in [0.4, 0.5) is 0 Å². The molecule has 0 radical (unpaired) electrons. The van der Waals surface area contributed by atoms with Crippen molar-refractivity contribution < 1.29 is 52.6 Å². The third-order valence-electron chi connectivity index (χ3n) is 5.18. The fourth-order valence-corrected chi connectivity index (χ4v) is 3.30. The van der Waals surface area contributed by atoms with Crippen molar-refractivity contribution in [2.75, 3.05) is 119 Å². The summed E-state index contributed by atoms with van der Waals surface area (Å²) in [4.78, 5) is 25.7. The molecule has 0 saturated carbocycles. The summed E-state index contributed by atoms with van der Waals surface area (Å²) in [6.07, 6.45) is 0. The topological polar surface area (TPSA) is 131 Å². The SMILES string of the molecule is O=C1c2ccccc2C(=O)N1CCOCCOCCOCCOCCOCCOCCOCCOCCO. The third kappa shape index (κ3) is 13.7. The van der Waals surface area contributed by atoms with Crippen LogP contribution in [0.1, 0.15) is 20.7 Å². The van der Waals surface area contributed by atoms with Crippen molar-refractivity contribution >= 4 is 11.8 Å². The summed E-state index contributed by atoms with van der Waals surface area (Å²) in [5, 5.41) is 8.56. The second kappa shape index (κ2) is 21.9. The first-order chi connectivity index (χ1) is 18.8. The molecule has 12 heteroatoms. The lowest BCUT2D eigenvalue weighted by Crippen LogP contribution is -2.33. The van der Waals surface area contributed by atoms with Gasteiger partial charge in [-0.2, -0.15) is 0 Å². The molecular formula is C26H41NO11. The van der Waals surface area contributed by atoms with E-state index in [1.807, 2.05) is 0 Å². The zero-order valence-electron chi connectivity index (χ0n) is 22.0. The van der Waals surface area contributed by atoms with Crippen LogP contribution >= 0.6 is 0 Å². The van der Waals surface area contributed by atoms with Crippen LogP contribution in [0.3, 0.4) is 0 Å². The number of rotatable bonds is 26. The summed E-state index contributed by atoms with van der Waals surface area (Å²) in [6.45, 7) is 7.29. The minimum Gasteiger partial charge on any atom is -0.394 e. The van der Waals surface area contributed by atoms with E-state index in [9.17, 15) is 9.59 Å². The zero-order chi connectivity index (χ0) is 27.1. The van der Waals surface area contributed by atoms with Gasteiger partial charge in [0.05, 0.1) is 130 Å². The number of aliphatic hydroxyl groups is 1. The van der Waals surface area contributed by atoms with Crippen molar-refractivity contribution in [1.82, 2.24) is 4.90 Å². The highest BCUT2D eigenvalue weighted by molar-refractivity contribution is 6.21. The molecule has 0 bridgehead atoms.